The number of phenols is 1. The standard InChI is InChI=1S/C18H23NO2/c1-18-9-8-14-13-5-3-12(20)10-11(13)2-4-15(14)16(18)6-7-17(18)19-21/h3,5,10,14-16,20-21H,2,4,6-9H2,1H3/b19-17-/t14-,15-,16+,18-/m0/s1. The van der Waals surface area contributed by atoms with E-state index < -0.39 is 0 Å². The molecule has 0 spiro atoms. The van der Waals surface area contributed by atoms with Gasteiger partial charge in [0.25, 0.3) is 0 Å². The van der Waals surface area contributed by atoms with Gasteiger partial charge in [0, 0.05) is 5.41 Å². The third-order valence-electron chi connectivity index (χ3n) is 6.57. The third kappa shape index (κ3) is 1.76. The van der Waals surface area contributed by atoms with Crippen LogP contribution in [0.1, 0.15) is 56.1 Å². The van der Waals surface area contributed by atoms with E-state index in [0.717, 1.165) is 25.0 Å². The Morgan fingerprint density at radius 3 is 2.86 bits per heavy atom. The minimum atomic E-state index is 0.115. The zero-order valence-corrected chi connectivity index (χ0v) is 12.5. The number of oxime groups is 1. The fourth-order valence-electron chi connectivity index (χ4n) is 5.52. The number of aryl methyl sites for hydroxylation is 1. The molecule has 4 rings (SSSR count). The predicted octanol–water partition coefficient (Wildman–Crippen LogP) is 4.08. The lowest BCUT2D eigenvalue weighted by Crippen LogP contribution is -2.42. The first-order chi connectivity index (χ1) is 10.1. The number of phenolic OH excluding ortho intramolecular Hbond substituents is 1. The van der Waals surface area contributed by atoms with Crippen LogP contribution >= 0.6 is 0 Å². The van der Waals surface area contributed by atoms with Crippen LogP contribution in [0.15, 0.2) is 23.4 Å². The van der Waals surface area contributed by atoms with Gasteiger partial charge in [0.15, 0.2) is 0 Å². The quantitative estimate of drug-likeness (QED) is 0.557. The van der Waals surface area contributed by atoms with Gasteiger partial charge in [-0.25, -0.2) is 0 Å². The number of hydrogen-bond donors (Lipinski definition) is 2. The molecule has 0 saturated heterocycles. The molecular formula is C18H23NO2. The fraction of sp³-hybridized carbons (Fsp3) is 0.611. The Labute approximate surface area is 125 Å². The van der Waals surface area contributed by atoms with Gasteiger partial charge in [-0.15, -0.1) is 0 Å². The summed E-state index contributed by atoms with van der Waals surface area (Å²) in [5.74, 6) is 2.39. The molecule has 0 bridgehead atoms. The van der Waals surface area contributed by atoms with Crippen molar-refractivity contribution in [3.8, 4) is 5.75 Å². The van der Waals surface area contributed by atoms with Crippen molar-refractivity contribution in [1.29, 1.82) is 0 Å². The van der Waals surface area contributed by atoms with Gasteiger partial charge >= 0.3 is 0 Å². The van der Waals surface area contributed by atoms with Crippen molar-refractivity contribution in [2.45, 2.75) is 51.4 Å². The maximum absolute atomic E-state index is 9.70. The number of hydrogen-bond acceptors (Lipinski definition) is 3. The molecule has 21 heavy (non-hydrogen) atoms. The molecule has 0 aliphatic heterocycles. The molecule has 0 aromatic heterocycles. The van der Waals surface area contributed by atoms with E-state index in [9.17, 15) is 10.3 Å². The molecular weight excluding hydrogens is 262 g/mol. The largest absolute Gasteiger partial charge is 0.508 e. The Balaban J connectivity index is 1.72. The summed E-state index contributed by atoms with van der Waals surface area (Å²) < 4.78 is 0. The van der Waals surface area contributed by atoms with E-state index in [1.165, 1.54) is 30.4 Å². The zero-order valence-electron chi connectivity index (χ0n) is 12.5. The highest BCUT2D eigenvalue weighted by Crippen LogP contribution is 2.59. The van der Waals surface area contributed by atoms with Crippen LogP contribution in [-0.4, -0.2) is 16.0 Å². The number of benzene rings is 1. The number of nitrogens with zero attached hydrogens (tertiary/aromatic N) is 1. The second-order valence-corrected chi connectivity index (χ2v) is 7.34. The lowest BCUT2D eigenvalue weighted by molar-refractivity contribution is 0.0938. The van der Waals surface area contributed by atoms with Crippen LogP contribution in [0.5, 0.6) is 5.75 Å². The second-order valence-electron chi connectivity index (χ2n) is 7.34. The van der Waals surface area contributed by atoms with Crippen LogP contribution < -0.4 is 0 Å². The van der Waals surface area contributed by atoms with Gasteiger partial charge in [-0.05, 0) is 79.5 Å². The predicted molar refractivity (Wildman–Crippen MR) is 81.9 cm³/mol. The molecule has 1 aromatic rings. The molecule has 112 valence electrons. The van der Waals surface area contributed by atoms with Crippen LogP contribution in [0.25, 0.3) is 0 Å². The van der Waals surface area contributed by atoms with Gasteiger partial charge in [-0.1, -0.05) is 18.1 Å². The van der Waals surface area contributed by atoms with E-state index in [0.29, 0.717) is 23.5 Å². The average Bonchev–Trinajstić information content (AvgIpc) is 2.83. The summed E-state index contributed by atoms with van der Waals surface area (Å²) >= 11 is 0. The molecule has 0 amide bonds. The zero-order chi connectivity index (χ0) is 14.6. The Kier molecular flexibility index (Phi) is 2.82. The van der Waals surface area contributed by atoms with E-state index in [2.05, 4.69) is 18.1 Å². The Hall–Kier alpha value is -1.51. The van der Waals surface area contributed by atoms with Crippen LogP contribution in [0.2, 0.25) is 0 Å². The number of fused-ring (bicyclic) bond motifs is 5. The van der Waals surface area contributed by atoms with Crippen molar-refractivity contribution in [2.24, 2.45) is 22.4 Å². The van der Waals surface area contributed by atoms with Gasteiger partial charge in [0.2, 0.25) is 0 Å². The van der Waals surface area contributed by atoms with Crippen LogP contribution in [0.4, 0.5) is 0 Å². The topological polar surface area (TPSA) is 52.8 Å². The highest BCUT2D eigenvalue weighted by Gasteiger charge is 2.53. The van der Waals surface area contributed by atoms with E-state index in [1.807, 2.05) is 12.1 Å². The van der Waals surface area contributed by atoms with Gasteiger partial charge in [0.05, 0.1) is 5.71 Å². The molecule has 0 radical (unpaired) electrons. The molecule has 0 heterocycles. The summed E-state index contributed by atoms with van der Waals surface area (Å²) in [5, 5.41) is 22.6. The fourth-order valence-corrected chi connectivity index (χ4v) is 5.52. The maximum Gasteiger partial charge on any atom is 0.115 e. The van der Waals surface area contributed by atoms with Crippen LogP contribution in [-0.2, 0) is 6.42 Å². The number of rotatable bonds is 0. The average molecular weight is 285 g/mol. The summed E-state index contributed by atoms with van der Waals surface area (Å²) in [7, 11) is 0. The molecule has 0 unspecified atom stereocenters. The summed E-state index contributed by atoms with van der Waals surface area (Å²) in [4.78, 5) is 0. The van der Waals surface area contributed by atoms with Crippen LogP contribution in [0.3, 0.4) is 0 Å². The van der Waals surface area contributed by atoms with Crippen molar-refractivity contribution in [3.63, 3.8) is 0 Å². The first-order valence-electron chi connectivity index (χ1n) is 8.16. The molecule has 2 saturated carbocycles. The third-order valence-corrected chi connectivity index (χ3v) is 6.57. The minimum absolute atomic E-state index is 0.115. The van der Waals surface area contributed by atoms with E-state index in [1.54, 1.807) is 0 Å². The molecule has 3 aliphatic rings. The van der Waals surface area contributed by atoms with E-state index in [-0.39, 0.29) is 5.41 Å². The first-order valence-corrected chi connectivity index (χ1v) is 8.16. The monoisotopic (exact) mass is 285 g/mol. The van der Waals surface area contributed by atoms with Gasteiger partial charge in [-0.3, -0.25) is 0 Å². The highest BCUT2D eigenvalue weighted by molar-refractivity contribution is 5.92. The Morgan fingerprint density at radius 1 is 1.19 bits per heavy atom. The van der Waals surface area contributed by atoms with Crippen molar-refractivity contribution >= 4 is 5.71 Å². The summed E-state index contributed by atoms with van der Waals surface area (Å²) in [6.07, 6.45) is 6.71. The van der Waals surface area contributed by atoms with Gasteiger partial charge in [-0.2, -0.15) is 0 Å². The highest BCUT2D eigenvalue weighted by atomic mass is 16.4. The molecule has 3 heteroatoms. The first kappa shape index (κ1) is 13.2. The molecule has 4 atom stereocenters. The van der Waals surface area contributed by atoms with E-state index in [4.69, 9.17) is 0 Å². The van der Waals surface area contributed by atoms with Crippen molar-refractivity contribution in [2.75, 3.05) is 0 Å². The normalized spacial score (nSPS) is 39.7. The summed E-state index contributed by atoms with van der Waals surface area (Å²) in [6.45, 7) is 2.31. The molecule has 1 aromatic carbocycles. The van der Waals surface area contributed by atoms with E-state index >= 15 is 0 Å². The van der Waals surface area contributed by atoms with Gasteiger partial charge in [0.1, 0.15) is 5.75 Å². The molecule has 3 nitrogen and oxygen atoms in total. The molecule has 3 aliphatic carbocycles. The number of aromatic hydroxyl groups is 1. The lowest BCUT2D eigenvalue weighted by Gasteiger charge is -2.48. The summed E-state index contributed by atoms with van der Waals surface area (Å²) in [6, 6.07) is 5.93. The van der Waals surface area contributed by atoms with Crippen LogP contribution in [0, 0.1) is 17.3 Å². The minimum Gasteiger partial charge on any atom is -0.508 e. The van der Waals surface area contributed by atoms with Crippen molar-refractivity contribution in [1.82, 2.24) is 0 Å². The maximum atomic E-state index is 9.70. The lowest BCUT2D eigenvalue weighted by atomic mass is 9.55. The second kappa shape index (κ2) is 4.49. The van der Waals surface area contributed by atoms with Crippen molar-refractivity contribution in [3.05, 3.63) is 29.3 Å². The smallest absolute Gasteiger partial charge is 0.115 e. The molecule has 2 N–H and O–H groups in total. The SMILES string of the molecule is C[C@]12CC[C@H]3c4ccc(O)cc4CC[C@@H]3[C@H]1CC/C2=N/O. The Morgan fingerprint density at radius 2 is 2.05 bits per heavy atom. The summed E-state index contributed by atoms with van der Waals surface area (Å²) in [5.41, 5.74) is 3.95. The van der Waals surface area contributed by atoms with Crippen molar-refractivity contribution < 1.29 is 10.3 Å². The Bertz CT molecular complexity index is 609. The molecule has 2 fully saturated rings. The van der Waals surface area contributed by atoms with Gasteiger partial charge < -0.3 is 10.3 Å².